The first-order valence-corrected chi connectivity index (χ1v) is 5.73. The molecule has 0 spiro atoms. The summed E-state index contributed by atoms with van der Waals surface area (Å²) in [5.41, 5.74) is 1.56. The van der Waals surface area contributed by atoms with Crippen molar-refractivity contribution >= 4 is 15.6 Å². The zero-order chi connectivity index (χ0) is 10.8. The second-order valence-corrected chi connectivity index (χ2v) is 4.79. The maximum absolute atomic E-state index is 11.1. The minimum Gasteiger partial charge on any atom is -0.225 e. The smallest absolute Gasteiger partial charge is 0.225 e. The third kappa shape index (κ3) is 2.43. The van der Waals surface area contributed by atoms with Crippen LogP contribution in [0.1, 0.15) is 19.4 Å². The third-order valence-corrected chi connectivity index (χ3v) is 3.32. The molecule has 0 fully saturated rings. The Morgan fingerprint density at radius 2 is 1.64 bits per heavy atom. The Hall–Kier alpha value is -1.13. The molecule has 0 unspecified atom stereocenters. The Labute approximate surface area is 84.3 Å². The Bertz CT molecular complexity index is 446. The summed E-state index contributed by atoms with van der Waals surface area (Å²) in [6, 6.07) is 9.29. The van der Waals surface area contributed by atoms with Gasteiger partial charge in [0.15, 0.2) is 0 Å². The minimum atomic E-state index is -3.57. The second kappa shape index (κ2) is 3.94. The number of hydrogen-bond acceptors (Lipinski definition) is 2. The highest BCUT2D eigenvalue weighted by Crippen LogP contribution is 2.19. The maximum Gasteiger partial charge on any atom is 0.234 e. The van der Waals surface area contributed by atoms with Crippen molar-refractivity contribution in [2.45, 2.75) is 13.8 Å². The number of benzene rings is 1. The maximum atomic E-state index is 11.1. The molecule has 2 N–H and O–H groups in total. The Morgan fingerprint density at radius 3 is 2.07 bits per heavy atom. The molecule has 0 amide bonds. The molecule has 0 saturated heterocycles. The van der Waals surface area contributed by atoms with Crippen molar-refractivity contribution < 1.29 is 8.42 Å². The van der Waals surface area contributed by atoms with Crippen LogP contribution < -0.4 is 5.14 Å². The van der Waals surface area contributed by atoms with Crippen LogP contribution in [0.4, 0.5) is 0 Å². The summed E-state index contributed by atoms with van der Waals surface area (Å²) in [7, 11) is -3.57. The van der Waals surface area contributed by atoms with Gasteiger partial charge in [-0.1, -0.05) is 30.3 Å². The summed E-state index contributed by atoms with van der Waals surface area (Å²) in [6.07, 6.45) is 0. The van der Waals surface area contributed by atoms with Crippen LogP contribution in [0.3, 0.4) is 0 Å². The van der Waals surface area contributed by atoms with Crippen molar-refractivity contribution in [3.8, 4) is 0 Å². The van der Waals surface area contributed by atoms with Crippen LogP contribution in [0.2, 0.25) is 0 Å². The van der Waals surface area contributed by atoms with E-state index in [1.54, 1.807) is 6.92 Å². The first-order valence-electron chi connectivity index (χ1n) is 4.18. The predicted octanol–water partition coefficient (Wildman–Crippen LogP) is 1.73. The van der Waals surface area contributed by atoms with Crippen LogP contribution in [-0.2, 0) is 10.0 Å². The molecule has 0 aliphatic carbocycles. The molecule has 0 radical (unpaired) electrons. The molecule has 0 atom stereocenters. The molecule has 0 aromatic heterocycles. The summed E-state index contributed by atoms with van der Waals surface area (Å²) in [5, 5.41) is 5.03. The molecule has 4 heteroatoms. The van der Waals surface area contributed by atoms with Gasteiger partial charge in [-0.05, 0) is 25.0 Å². The molecule has 76 valence electrons. The average Bonchev–Trinajstić information content (AvgIpc) is 2.15. The summed E-state index contributed by atoms with van der Waals surface area (Å²) in [6.45, 7) is 3.26. The predicted molar refractivity (Wildman–Crippen MR) is 57.8 cm³/mol. The van der Waals surface area contributed by atoms with E-state index >= 15 is 0 Å². The van der Waals surface area contributed by atoms with Gasteiger partial charge in [0, 0.05) is 0 Å². The van der Waals surface area contributed by atoms with Crippen LogP contribution in [0.15, 0.2) is 35.2 Å². The first-order chi connectivity index (χ1) is 6.43. The van der Waals surface area contributed by atoms with Crippen molar-refractivity contribution in [3.63, 3.8) is 0 Å². The Kier molecular flexibility index (Phi) is 3.08. The Balaban J connectivity index is 3.26. The van der Waals surface area contributed by atoms with Crippen LogP contribution >= 0.6 is 0 Å². The van der Waals surface area contributed by atoms with Crippen LogP contribution in [0.5, 0.6) is 0 Å². The van der Waals surface area contributed by atoms with Gasteiger partial charge in [0.2, 0.25) is 10.0 Å². The molecule has 3 nitrogen and oxygen atoms in total. The summed E-state index contributed by atoms with van der Waals surface area (Å²) < 4.78 is 22.1. The number of sulfonamides is 1. The molecule has 14 heavy (non-hydrogen) atoms. The second-order valence-electron chi connectivity index (χ2n) is 3.09. The van der Waals surface area contributed by atoms with Gasteiger partial charge in [0.25, 0.3) is 0 Å². The fourth-order valence-electron chi connectivity index (χ4n) is 1.10. The fraction of sp³-hybridized carbons (Fsp3) is 0.200. The van der Waals surface area contributed by atoms with Gasteiger partial charge in [0.05, 0.1) is 4.91 Å². The van der Waals surface area contributed by atoms with Crippen molar-refractivity contribution in [2.75, 3.05) is 0 Å². The Morgan fingerprint density at radius 1 is 1.14 bits per heavy atom. The van der Waals surface area contributed by atoms with E-state index in [1.165, 1.54) is 6.92 Å². The lowest BCUT2D eigenvalue weighted by Crippen LogP contribution is -2.13. The SMILES string of the molecule is CC(=C(C)S(N)(=O)=O)c1ccccc1. The number of allylic oxidation sites excluding steroid dienone is 2. The van der Waals surface area contributed by atoms with Gasteiger partial charge in [-0.2, -0.15) is 0 Å². The standard InChI is InChI=1S/C10H13NO2S/c1-8(9(2)14(11,12)13)10-6-4-3-5-7-10/h3-7H,1-2H3,(H2,11,12,13). The summed E-state index contributed by atoms with van der Waals surface area (Å²) >= 11 is 0. The van der Waals surface area contributed by atoms with Crippen molar-refractivity contribution in [2.24, 2.45) is 5.14 Å². The molecule has 0 saturated carbocycles. The number of primary sulfonamides is 1. The van der Waals surface area contributed by atoms with E-state index in [0.29, 0.717) is 5.57 Å². The van der Waals surface area contributed by atoms with Crippen molar-refractivity contribution in [1.82, 2.24) is 0 Å². The summed E-state index contributed by atoms with van der Waals surface area (Å²) in [5.74, 6) is 0. The normalized spacial score (nSPS) is 13.6. The molecule has 0 aliphatic rings. The van der Waals surface area contributed by atoms with E-state index in [9.17, 15) is 8.42 Å². The average molecular weight is 211 g/mol. The van der Waals surface area contributed by atoms with E-state index in [2.05, 4.69) is 0 Å². The zero-order valence-corrected chi connectivity index (χ0v) is 9.01. The zero-order valence-electron chi connectivity index (χ0n) is 8.19. The third-order valence-electron chi connectivity index (χ3n) is 2.16. The number of nitrogens with two attached hydrogens (primary N) is 1. The lowest BCUT2D eigenvalue weighted by atomic mass is 10.1. The molecule has 1 aromatic rings. The molecule has 0 bridgehead atoms. The van der Waals surface area contributed by atoms with E-state index in [0.717, 1.165) is 5.56 Å². The lowest BCUT2D eigenvalue weighted by molar-refractivity contribution is 0.604. The van der Waals surface area contributed by atoms with E-state index in [-0.39, 0.29) is 4.91 Å². The topological polar surface area (TPSA) is 60.2 Å². The molecular formula is C10H13NO2S. The molecule has 1 aromatic carbocycles. The van der Waals surface area contributed by atoms with Gasteiger partial charge in [-0.25, -0.2) is 13.6 Å². The highest BCUT2D eigenvalue weighted by atomic mass is 32.2. The highest BCUT2D eigenvalue weighted by Gasteiger charge is 2.10. The number of hydrogen-bond donors (Lipinski definition) is 1. The van der Waals surface area contributed by atoms with E-state index in [1.807, 2.05) is 30.3 Å². The summed E-state index contributed by atoms with van der Waals surface area (Å²) in [4.78, 5) is 0.212. The van der Waals surface area contributed by atoms with Crippen LogP contribution in [0.25, 0.3) is 5.57 Å². The van der Waals surface area contributed by atoms with Crippen LogP contribution in [-0.4, -0.2) is 8.42 Å². The minimum absolute atomic E-state index is 0.212. The molecule has 0 aliphatic heterocycles. The van der Waals surface area contributed by atoms with Gasteiger partial charge < -0.3 is 0 Å². The quantitative estimate of drug-likeness (QED) is 0.809. The first kappa shape index (κ1) is 10.9. The van der Waals surface area contributed by atoms with E-state index < -0.39 is 10.0 Å². The molecular weight excluding hydrogens is 198 g/mol. The van der Waals surface area contributed by atoms with Crippen molar-refractivity contribution in [3.05, 3.63) is 40.8 Å². The highest BCUT2D eigenvalue weighted by molar-refractivity contribution is 7.93. The lowest BCUT2D eigenvalue weighted by Gasteiger charge is -2.05. The van der Waals surface area contributed by atoms with Gasteiger partial charge in [0.1, 0.15) is 0 Å². The number of rotatable bonds is 2. The van der Waals surface area contributed by atoms with Crippen molar-refractivity contribution in [1.29, 1.82) is 0 Å². The van der Waals surface area contributed by atoms with Crippen LogP contribution in [0, 0.1) is 0 Å². The largest absolute Gasteiger partial charge is 0.234 e. The fourth-order valence-corrected chi connectivity index (χ4v) is 1.65. The van der Waals surface area contributed by atoms with Gasteiger partial charge in [-0.3, -0.25) is 0 Å². The molecule has 1 rings (SSSR count). The molecule has 0 heterocycles. The monoisotopic (exact) mass is 211 g/mol. The van der Waals surface area contributed by atoms with E-state index in [4.69, 9.17) is 5.14 Å². The van der Waals surface area contributed by atoms with Gasteiger partial charge >= 0.3 is 0 Å². The van der Waals surface area contributed by atoms with Gasteiger partial charge in [-0.15, -0.1) is 0 Å².